The van der Waals surface area contributed by atoms with Crippen LogP contribution in [-0.2, 0) is 32.1 Å². The molecular formula is C22H25BrN2O6. The van der Waals surface area contributed by atoms with E-state index in [0.29, 0.717) is 0 Å². The molecule has 2 aromatic rings. The molecule has 0 saturated carbocycles. The molecule has 0 heterocycles. The number of aliphatic hydroxyl groups is 1. The number of benzene rings is 2. The fraction of sp³-hybridized carbons (Fsp3) is 0.318. The number of esters is 1. The zero-order valence-electron chi connectivity index (χ0n) is 17.2. The molecule has 0 unspecified atom stereocenters. The fourth-order valence-electron chi connectivity index (χ4n) is 2.75. The molecular weight excluding hydrogens is 468 g/mol. The van der Waals surface area contributed by atoms with E-state index in [1.165, 1.54) is 14.0 Å². The predicted molar refractivity (Wildman–Crippen MR) is 117 cm³/mol. The summed E-state index contributed by atoms with van der Waals surface area (Å²) < 4.78 is 10.8. The summed E-state index contributed by atoms with van der Waals surface area (Å²) in [4.78, 5) is 37.0. The van der Waals surface area contributed by atoms with Crippen LogP contribution in [0.2, 0.25) is 0 Å². The van der Waals surface area contributed by atoms with Crippen molar-refractivity contribution in [3.8, 4) is 0 Å². The van der Waals surface area contributed by atoms with Crippen molar-refractivity contribution in [2.75, 3.05) is 7.11 Å². The summed E-state index contributed by atoms with van der Waals surface area (Å²) in [6, 6.07) is 13.9. The van der Waals surface area contributed by atoms with Crippen LogP contribution in [0.1, 0.15) is 18.1 Å². The summed E-state index contributed by atoms with van der Waals surface area (Å²) in [6.45, 7) is 1.36. The maximum Gasteiger partial charge on any atom is 0.408 e. The normalized spacial score (nSPS) is 13.4. The number of rotatable bonds is 9. The number of carbonyl (C=O) groups excluding carboxylic acids is 3. The lowest BCUT2D eigenvalue weighted by Crippen LogP contribution is -2.56. The van der Waals surface area contributed by atoms with E-state index >= 15 is 0 Å². The molecule has 3 N–H and O–H groups in total. The average molecular weight is 493 g/mol. The molecule has 0 spiro atoms. The predicted octanol–water partition coefficient (Wildman–Crippen LogP) is 2.33. The minimum atomic E-state index is -1.32. The number of carbonyl (C=O) groups is 3. The van der Waals surface area contributed by atoms with Gasteiger partial charge in [0.1, 0.15) is 18.7 Å². The van der Waals surface area contributed by atoms with Gasteiger partial charge in [-0.3, -0.25) is 4.79 Å². The Balaban J connectivity index is 2.00. The standard InChI is InChI=1S/C22H25BrN2O6/c1-14(26)19(25-22(29)31-13-16-6-4-3-5-7-16)20(27)24-18(21(28)30-2)12-15-8-10-17(23)11-9-15/h3-11,14,18-19,26H,12-13H2,1-2H3,(H,24,27)(H,25,29)/t14-,18+,19+/m1/s1. The quantitative estimate of drug-likeness (QED) is 0.462. The summed E-state index contributed by atoms with van der Waals surface area (Å²) >= 11 is 3.34. The van der Waals surface area contributed by atoms with Gasteiger partial charge in [-0.15, -0.1) is 0 Å². The maximum absolute atomic E-state index is 12.7. The van der Waals surface area contributed by atoms with Gasteiger partial charge in [0.15, 0.2) is 0 Å². The van der Waals surface area contributed by atoms with Crippen molar-refractivity contribution < 1.29 is 29.0 Å². The van der Waals surface area contributed by atoms with Crippen LogP contribution < -0.4 is 10.6 Å². The first kappa shape index (κ1) is 24.4. The lowest BCUT2D eigenvalue weighted by atomic mass is 10.0. The number of ether oxygens (including phenoxy) is 2. The average Bonchev–Trinajstić information content (AvgIpc) is 2.76. The van der Waals surface area contributed by atoms with E-state index in [0.717, 1.165) is 15.6 Å². The van der Waals surface area contributed by atoms with Crippen molar-refractivity contribution in [3.05, 3.63) is 70.2 Å². The maximum atomic E-state index is 12.7. The van der Waals surface area contributed by atoms with Crippen LogP contribution in [0.25, 0.3) is 0 Å². The van der Waals surface area contributed by atoms with Crippen LogP contribution in [0.4, 0.5) is 4.79 Å². The zero-order chi connectivity index (χ0) is 22.8. The highest BCUT2D eigenvalue weighted by molar-refractivity contribution is 9.10. The number of hydrogen-bond donors (Lipinski definition) is 3. The van der Waals surface area contributed by atoms with Crippen molar-refractivity contribution in [2.24, 2.45) is 0 Å². The summed E-state index contributed by atoms with van der Waals surface area (Å²) in [6.07, 6.45) is -1.92. The highest BCUT2D eigenvalue weighted by Gasteiger charge is 2.30. The van der Waals surface area contributed by atoms with Gasteiger partial charge in [0.05, 0.1) is 13.2 Å². The second kappa shape index (κ2) is 12.1. The van der Waals surface area contributed by atoms with Gasteiger partial charge >= 0.3 is 12.1 Å². The molecule has 0 aliphatic heterocycles. The van der Waals surface area contributed by atoms with Gasteiger partial charge in [-0.25, -0.2) is 9.59 Å². The highest BCUT2D eigenvalue weighted by atomic mass is 79.9. The first-order chi connectivity index (χ1) is 14.8. The lowest BCUT2D eigenvalue weighted by Gasteiger charge is -2.24. The van der Waals surface area contributed by atoms with Crippen LogP contribution in [0.5, 0.6) is 0 Å². The van der Waals surface area contributed by atoms with Crippen LogP contribution in [-0.4, -0.2) is 48.4 Å². The van der Waals surface area contributed by atoms with E-state index in [-0.39, 0.29) is 13.0 Å². The molecule has 2 rings (SSSR count). The SMILES string of the molecule is COC(=O)[C@H](Cc1ccc(Br)cc1)NC(=O)[C@@H](NC(=O)OCc1ccccc1)[C@@H](C)O. The number of nitrogens with one attached hydrogen (secondary N) is 2. The van der Waals surface area contributed by atoms with Crippen molar-refractivity contribution in [2.45, 2.75) is 38.1 Å². The van der Waals surface area contributed by atoms with Gasteiger partial charge in [0, 0.05) is 10.9 Å². The van der Waals surface area contributed by atoms with E-state index < -0.39 is 36.2 Å². The number of amides is 2. The number of halogens is 1. The molecule has 2 aromatic carbocycles. The first-order valence-corrected chi connectivity index (χ1v) is 10.4. The van der Waals surface area contributed by atoms with Crippen LogP contribution in [0.15, 0.2) is 59.1 Å². The van der Waals surface area contributed by atoms with Gasteiger partial charge in [0.2, 0.25) is 5.91 Å². The van der Waals surface area contributed by atoms with Crippen molar-refractivity contribution in [1.29, 1.82) is 0 Å². The van der Waals surface area contributed by atoms with Crippen LogP contribution >= 0.6 is 15.9 Å². The minimum Gasteiger partial charge on any atom is -0.467 e. The molecule has 0 fully saturated rings. The highest BCUT2D eigenvalue weighted by Crippen LogP contribution is 2.13. The molecule has 3 atom stereocenters. The number of hydrogen-bond acceptors (Lipinski definition) is 6. The summed E-state index contributed by atoms with van der Waals surface area (Å²) in [7, 11) is 1.22. The molecule has 0 bridgehead atoms. The second-order valence-corrected chi connectivity index (χ2v) is 7.75. The number of alkyl carbamates (subject to hydrolysis) is 1. The Labute approximate surface area is 189 Å². The molecule has 0 aliphatic carbocycles. The van der Waals surface area contributed by atoms with Crippen molar-refractivity contribution in [1.82, 2.24) is 10.6 Å². The third kappa shape index (κ3) is 8.03. The Hall–Kier alpha value is -2.91. The zero-order valence-corrected chi connectivity index (χ0v) is 18.8. The molecule has 9 heteroatoms. The van der Waals surface area contributed by atoms with Crippen LogP contribution in [0.3, 0.4) is 0 Å². The smallest absolute Gasteiger partial charge is 0.408 e. The van der Waals surface area contributed by atoms with E-state index in [1.807, 2.05) is 18.2 Å². The minimum absolute atomic E-state index is 0.00910. The van der Waals surface area contributed by atoms with E-state index in [9.17, 15) is 19.5 Å². The number of methoxy groups -OCH3 is 1. The molecule has 2 amide bonds. The second-order valence-electron chi connectivity index (χ2n) is 6.84. The summed E-state index contributed by atoms with van der Waals surface area (Å²) in [5.74, 6) is -1.38. The van der Waals surface area contributed by atoms with Gasteiger partial charge in [-0.05, 0) is 30.2 Å². The molecule has 0 aliphatic rings. The first-order valence-electron chi connectivity index (χ1n) is 9.58. The molecule has 31 heavy (non-hydrogen) atoms. The lowest BCUT2D eigenvalue weighted by molar-refractivity contribution is -0.145. The summed E-state index contributed by atoms with van der Waals surface area (Å²) in [5.41, 5.74) is 1.57. The molecule has 8 nitrogen and oxygen atoms in total. The largest absolute Gasteiger partial charge is 0.467 e. The fourth-order valence-corrected chi connectivity index (χ4v) is 3.01. The summed E-state index contributed by atoms with van der Waals surface area (Å²) in [5, 5.41) is 14.9. The van der Waals surface area contributed by atoms with E-state index in [1.54, 1.807) is 36.4 Å². The van der Waals surface area contributed by atoms with Crippen LogP contribution in [0, 0.1) is 0 Å². The third-order valence-corrected chi connectivity index (χ3v) is 4.93. The van der Waals surface area contributed by atoms with Crippen molar-refractivity contribution in [3.63, 3.8) is 0 Å². The van der Waals surface area contributed by atoms with E-state index in [4.69, 9.17) is 9.47 Å². The van der Waals surface area contributed by atoms with Gasteiger partial charge in [0.25, 0.3) is 0 Å². The number of aliphatic hydroxyl groups excluding tert-OH is 1. The topological polar surface area (TPSA) is 114 Å². The van der Waals surface area contributed by atoms with Crippen molar-refractivity contribution >= 4 is 33.9 Å². The van der Waals surface area contributed by atoms with Gasteiger partial charge in [-0.1, -0.05) is 58.4 Å². The Bertz CT molecular complexity index is 873. The molecule has 166 valence electrons. The monoisotopic (exact) mass is 492 g/mol. The molecule has 0 radical (unpaired) electrons. The Kier molecular flexibility index (Phi) is 9.48. The van der Waals surface area contributed by atoms with E-state index in [2.05, 4.69) is 26.6 Å². The third-order valence-electron chi connectivity index (χ3n) is 4.41. The van der Waals surface area contributed by atoms with Gasteiger partial charge < -0.3 is 25.2 Å². The van der Waals surface area contributed by atoms with Gasteiger partial charge in [-0.2, -0.15) is 0 Å². The Morgan fingerprint density at radius 2 is 1.65 bits per heavy atom. The Morgan fingerprint density at radius 1 is 1.00 bits per heavy atom. The molecule has 0 aromatic heterocycles. The Morgan fingerprint density at radius 3 is 2.23 bits per heavy atom. The molecule has 0 saturated heterocycles.